The van der Waals surface area contributed by atoms with E-state index in [1.165, 1.54) is 24.3 Å². The number of fused-ring (bicyclic) bond motifs is 6. The highest BCUT2D eigenvalue weighted by molar-refractivity contribution is 6.18. The van der Waals surface area contributed by atoms with Crippen molar-refractivity contribution in [3.05, 3.63) is 141 Å². The minimum absolute atomic E-state index is 0.0737. The van der Waals surface area contributed by atoms with Crippen LogP contribution in [0.25, 0.3) is 6.08 Å². The third kappa shape index (κ3) is 3.51. The number of amides is 1. The number of carbonyl (C=O) groups excluding carboxylic acids is 3. The van der Waals surface area contributed by atoms with Crippen molar-refractivity contribution in [2.45, 2.75) is 24.4 Å². The van der Waals surface area contributed by atoms with Crippen molar-refractivity contribution in [2.24, 2.45) is 5.92 Å². The minimum atomic E-state index is -1.48. The van der Waals surface area contributed by atoms with E-state index in [2.05, 4.69) is 5.32 Å². The van der Waals surface area contributed by atoms with E-state index < -0.39 is 34.1 Å². The number of nitrogens with one attached hydrogen (secondary N) is 1. The molecule has 7 rings (SSSR count). The molecule has 1 N–H and O–H groups in total. The summed E-state index contributed by atoms with van der Waals surface area (Å²) < 4.78 is 0. The van der Waals surface area contributed by atoms with Crippen molar-refractivity contribution in [3.63, 3.8) is 0 Å². The van der Waals surface area contributed by atoms with Crippen molar-refractivity contribution in [1.82, 2.24) is 0 Å². The summed E-state index contributed by atoms with van der Waals surface area (Å²) >= 11 is 0. The summed E-state index contributed by atoms with van der Waals surface area (Å²) in [5, 5.41) is 14.6. The molecule has 1 spiro atoms. The number of nitro groups is 1. The number of rotatable bonds is 5. The van der Waals surface area contributed by atoms with Crippen LogP contribution >= 0.6 is 0 Å². The monoisotopic (exact) mass is 555 g/mol. The standard InChI is InChI=1S/C34H25N3O5/c1-20-14-16-27-22(18-20)15-17-28-34(25-12-5-6-13-26(25)35-33(34)40)29(31(38)23-10-7-11-24(19-23)37(41)42)30(36(27)28)32(39)21-8-3-2-4-9-21/h2-19,28-30H,1H3,(H,35,40)/t28-,29+,30-,34-/m0/s1. The number of non-ortho nitro benzene ring substituents is 1. The number of nitrogens with zero attached hydrogens (tertiary/aromatic N) is 2. The molecule has 0 radical (unpaired) electrons. The number of anilines is 2. The Morgan fingerprint density at radius 2 is 1.62 bits per heavy atom. The molecule has 0 unspecified atom stereocenters. The van der Waals surface area contributed by atoms with Crippen molar-refractivity contribution >= 4 is 40.6 Å². The molecule has 0 aromatic heterocycles. The summed E-state index contributed by atoms with van der Waals surface area (Å²) in [6.45, 7) is 1.98. The predicted molar refractivity (Wildman–Crippen MR) is 159 cm³/mol. The predicted octanol–water partition coefficient (Wildman–Crippen LogP) is 5.76. The quantitative estimate of drug-likeness (QED) is 0.191. The Hall–Kier alpha value is -5.37. The van der Waals surface area contributed by atoms with Gasteiger partial charge in [-0.1, -0.05) is 84.4 Å². The average Bonchev–Trinajstić information content (AvgIpc) is 3.49. The molecule has 0 saturated carbocycles. The first-order valence-electron chi connectivity index (χ1n) is 13.7. The SMILES string of the molecule is Cc1ccc2c(c1)C=C[C@@H]1N2[C@H](C(=O)c2ccccc2)[C@H](C(=O)c2cccc([N+](=O)[O-])c2)[C@@]12C(=O)Nc1ccccc12. The van der Waals surface area contributed by atoms with Gasteiger partial charge >= 0.3 is 0 Å². The highest BCUT2D eigenvalue weighted by Gasteiger charge is 2.70. The fraction of sp³-hybridized carbons (Fsp3) is 0.147. The second kappa shape index (κ2) is 9.34. The molecule has 3 aliphatic heterocycles. The Bertz CT molecular complexity index is 1850. The number of carbonyl (C=O) groups is 3. The first kappa shape index (κ1) is 25.6. The van der Waals surface area contributed by atoms with Crippen molar-refractivity contribution in [1.29, 1.82) is 0 Å². The summed E-state index contributed by atoms with van der Waals surface area (Å²) in [4.78, 5) is 56.8. The van der Waals surface area contributed by atoms with E-state index in [0.717, 1.165) is 16.8 Å². The van der Waals surface area contributed by atoms with Gasteiger partial charge in [-0.2, -0.15) is 0 Å². The second-order valence-corrected chi connectivity index (χ2v) is 11.0. The molecular weight excluding hydrogens is 530 g/mol. The van der Waals surface area contributed by atoms with Crippen LogP contribution in [-0.4, -0.2) is 34.5 Å². The van der Waals surface area contributed by atoms with Crippen LogP contribution in [0.3, 0.4) is 0 Å². The Morgan fingerprint density at radius 1 is 0.881 bits per heavy atom. The van der Waals surface area contributed by atoms with Crippen molar-refractivity contribution in [3.8, 4) is 0 Å². The van der Waals surface area contributed by atoms with Crippen molar-refractivity contribution in [2.75, 3.05) is 10.2 Å². The molecule has 42 heavy (non-hydrogen) atoms. The number of para-hydroxylation sites is 1. The highest BCUT2D eigenvalue weighted by Crippen LogP contribution is 2.58. The first-order chi connectivity index (χ1) is 20.3. The van der Waals surface area contributed by atoms with Crippen LogP contribution in [-0.2, 0) is 10.2 Å². The van der Waals surface area contributed by atoms with Crippen LogP contribution < -0.4 is 10.2 Å². The molecule has 1 amide bonds. The number of benzene rings is 4. The lowest BCUT2D eigenvalue weighted by atomic mass is 9.64. The maximum Gasteiger partial charge on any atom is 0.270 e. The van der Waals surface area contributed by atoms with Gasteiger partial charge in [-0.3, -0.25) is 24.5 Å². The number of ketones is 2. The molecule has 206 valence electrons. The number of nitro benzene ring substituents is 1. The minimum Gasteiger partial charge on any atom is -0.352 e. The lowest BCUT2D eigenvalue weighted by molar-refractivity contribution is -0.384. The zero-order valence-corrected chi connectivity index (χ0v) is 22.6. The van der Waals surface area contributed by atoms with E-state index in [4.69, 9.17) is 0 Å². The lowest BCUT2D eigenvalue weighted by Gasteiger charge is -2.37. The molecular formula is C34H25N3O5. The van der Waals surface area contributed by atoms with Crippen LogP contribution in [0.2, 0.25) is 0 Å². The largest absolute Gasteiger partial charge is 0.352 e. The fourth-order valence-corrected chi connectivity index (χ4v) is 7.02. The van der Waals surface area contributed by atoms with E-state index in [-0.39, 0.29) is 22.9 Å². The van der Waals surface area contributed by atoms with Gasteiger partial charge < -0.3 is 10.2 Å². The zero-order valence-electron chi connectivity index (χ0n) is 22.6. The molecule has 4 aromatic rings. The van der Waals surface area contributed by atoms with Gasteiger partial charge in [-0.05, 0) is 36.2 Å². The molecule has 1 saturated heterocycles. The van der Waals surface area contributed by atoms with E-state index >= 15 is 0 Å². The van der Waals surface area contributed by atoms with Gasteiger partial charge in [0.05, 0.1) is 16.9 Å². The average molecular weight is 556 g/mol. The number of Topliss-reactive ketones (excluding diaryl/α,β-unsaturated/α-hetero) is 2. The van der Waals surface area contributed by atoms with E-state index in [0.29, 0.717) is 16.8 Å². The van der Waals surface area contributed by atoms with Gasteiger partial charge in [0.2, 0.25) is 5.91 Å². The van der Waals surface area contributed by atoms with Gasteiger partial charge in [0, 0.05) is 34.6 Å². The maximum atomic E-state index is 14.8. The summed E-state index contributed by atoms with van der Waals surface area (Å²) in [5.74, 6) is -2.39. The molecule has 8 nitrogen and oxygen atoms in total. The summed E-state index contributed by atoms with van der Waals surface area (Å²) in [5.41, 5.74) is 2.61. The summed E-state index contributed by atoms with van der Waals surface area (Å²) in [6.07, 6.45) is 3.86. The molecule has 4 atom stereocenters. The van der Waals surface area contributed by atoms with Crippen LogP contribution in [0.5, 0.6) is 0 Å². The molecule has 0 aliphatic carbocycles. The van der Waals surface area contributed by atoms with E-state index in [1.54, 1.807) is 30.3 Å². The van der Waals surface area contributed by atoms with E-state index in [1.807, 2.05) is 66.4 Å². The summed E-state index contributed by atoms with van der Waals surface area (Å²) in [6, 6.07) is 25.6. The molecule has 3 aliphatic rings. The lowest BCUT2D eigenvalue weighted by Crippen LogP contribution is -2.51. The Balaban J connectivity index is 1.54. The number of aryl methyl sites for hydroxylation is 1. The molecule has 4 aromatic carbocycles. The molecule has 1 fully saturated rings. The van der Waals surface area contributed by atoms with Gasteiger partial charge in [-0.15, -0.1) is 0 Å². The Morgan fingerprint density at radius 3 is 2.40 bits per heavy atom. The molecule has 3 heterocycles. The summed E-state index contributed by atoms with van der Waals surface area (Å²) in [7, 11) is 0. The normalized spacial score (nSPS) is 23.2. The topological polar surface area (TPSA) is 110 Å². The van der Waals surface area contributed by atoms with Gasteiger partial charge in [-0.25, -0.2) is 0 Å². The number of hydrogen-bond acceptors (Lipinski definition) is 6. The second-order valence-electron chi connectivity index (χ2n) is 11.0. The van der Waals surface area contributed by atoms with Crippen molar-refractivity contribution < 1.29 is 19.3 Å². The molecule has 8 heteroatoms. The third-order valence-electron chi connectivity index (χ3n) is 8.74. The van der Waals surface area contributed by atoms with Crippen LogP contribution in [0.4, 0.5) is 17.1 Å². The maximum absolute atomic E-state index is 14.8. The highest BCUT2D eigenvalue weighted by atomic mass is 16.6. The van der Waals surface area contributed by atoms with Crippen LogP contribution in [0, 0.1) is 23.0 Å². The van der Waals surface area contributed by atoms with Gasteiger partial charge in [0.25, 0.3) is 5.69 Å². The zero-order chi connectivity index (χ0) is 29.2. The van der Waals surface area contributed by atoms with Crippen LogP contribution in [0.15, 0.2) is 103 Å². The van der Waals surface area contributed by atoms with Crippen LogP contribution in [0.1, 0.15) is 37.4 Å². The smallest absolute Gasteiger partial charge is 0.270 e. The van der Waals surface area contributed by atoms with Gasteiger partial charge in [0.1, 0.15) is 11.5 Å². The molecule has 0 bridgehead atoms. The fourth-order valence-electron chi connectivity index (χ4n) is 7.02. The third-order valence-corrected chi connectivity index (χ3v) is 8.74. The Labute approximate surface area is 241 Å². The van der Waals surface area contributed by atoms with E-state index in [9.17, 15) is 24.5 Å². The first-order valence-corrected chi connectivity index (χ1v) is 13.7. The number of hydrogen-bond donors (Lipinski definition) is 1. The Kier molecular flexibility index (Phi) is 5.69. The van der Waals surface area contributed by atoms with Gasteiger partial charge in [0.15, 0.2) is 11.6 Å².